The average molecular weight is 876 g/mol. The lowest BCUT2D eigenvalue weighted by Gasteiger charge is -2.30. The fraction of sp³-hybridized carbons (Fsp3) is 0.358. The van der Waals surface area contributed by atoms with Crippen LogP contribution in [-0.4, -0.2) is 40.0 Å². The van der Waals surface area contributed by atoms with Gasteiger partial charge in [0.05, 0.1) is 19.2 Å². The van der Waals surface area contributed by atoms with Gasteiger partial charge in [0.25, 0.3) is 5.70 Å². The van der Waals surface area contributed by atoms with Crippen molar-refractivity contribution in [2.75, 3.05) is 24.7 Å². The highest BCUT2D eigenvalue weighted by Crippen LogP contribution is 2.42. The van der Waals surface area contributed by atoms with Gasteiger partial charge in [-0.3, -0.25) is 0 Å². The number of allylic oxidation sites excluding steroid dienone is 7. The van der Waals surface area contributed by atoms with Crippen LogP contribution in [0.4, 0.5) is 21.9 Å². The van der Waals surface area contributed by atoms with Gasteiger partial charge in [-0.25, -0.2) is 19.7 Å². The number of hydrogen-bond acceptors (Lipinski definition) is 7. The van der Waals surface area contributed by atoms with Crippen molar-refractivity contribution in [2.24, 2.45) is 5.41 Å². The average Bonchev–Trinajstić information content (AvgIpc) is 3.54. The highest BCUT2D eigenvalue weighted by Gasteiger charge is 2.38. The maximum Gasteiger partial charge on any atom is 0.407 e. The molecule has 0 unspecified atom stereocenters. The molecule has 10 nitrogen and oxygen atoms in total. The third-order valence-electron chi connectivity index (χ3n) is 10.9. The van der Waals surface area contributed by atoms with Gasteiger partial charge in [-0.2, -0.15) is 0 Å². The van der Waals surface area contributed by atoms with Gasteiger partial charge >= 0.3 is 14.7 Å². The fourth-order valence-electron chi connectivity index (χ4n) is 7.76. The van der Waals surface area contributed by atoms with E-state index in [9.17, 15) is 10.1 Å². The molecule has 64 heavy (non-hydrogen) atoms. The number of carbonyl (C=O) groups excluding carboxylic acids is 1. The molecule has 1 N–H and O–H groups in total. The summed E-state index contributed by atoms with van der Waals surface area (Å²) in [5.74, 6) is 0.0505. The van der Waals surface area contributed by atoms with E-state index in [0.29, 0.717) is 25.3 Å². The van der Waals surface area contributed by atoms with E-state index in [0.717, 1.165) is 66.3 Å². The van der Waals surface area contributed by atoms with Crippen molar-refractivity contribution in [3.63, 3.8) is 0 Å². The molecule has 1 aliphatic heterocycles. The number of nitrogens with zero attached hydrogens (tertiary/aromatic N) is 4. The van der Waals surface area contributed by atoms with Crippen LogP contribution < -0.4 is 10.2 Å². The zero-order valence-electron chi connectivity index (χ0n) is 38.4. The number of amides is 1. The van der Waals surface area contributed by atoms with Gasteiger partial charge in [0.2, 0.25) is 5.70 Å². The van der Waals surface area contributed by atoms with E-state index in [-0.39, 0.29) is 29.2 Å². The van der Waals surface area contributed by atoms with E-state index in [1.807, 2.05) is 74.5 Å². The number of nitriles is 1. The number of ether oxygens (including phenoxy) is 2. The van der Waals surface area contributed by atoms with Crippen LogP contribution in [0.25, 0.3) is 15.8 Å². The number of nitrogens with one attached hydrogen (secondary N) is 1. The summed E-state index contributed by atoms with van der Waals surface area (Å²) in [6, 6.07) is 29.5. The number of hydrogen-bond donors (Lipinski definition) is 1. The number of para-hydroxylation sites is 1. The van der Waals surface area contributed by atoms with Gasteiger partial charge in [0.15, 0.2) is 0 Å². The quantitative estimate of drug-likeness (QED) is 0.0554. The van der Waals surface area contributed by atoms with E-state index in [4.69, 9.17) is 31.5 Å². The van der Waals surface area contributed by atoms with Gasteiger partial charge in [-0.15, -0.1) is 0 Å². The van der Waals surface area contributed by atoms with E-state index in [2.05, 4.69) is 115 Å². The molecule has 1 amide bonds. The Bertz CT molecular complexity index is 2380. The molecule has 0 spiro atoms. The summed E-state index contributed by atoms with van der Waals surface area (Å²) in [6.07, 6.45) is 16.5. The largest absolute Gasteiger partial charge is 0.505 e. The van der Waals surface area contributed by atoms with Crippen molar-refractivity contribution in [2.45, 2.75) is 98.4 Å². The molecule has 1 aliphatic carbocycles. The smallest absolute Gasteiger partial charge is 0.407 e. The minimum atomic E-state index is -2.26. The number of alkyl carbamates (subject to hydrolysis) is 1. The van der Waals surface area contributed by atoms with Crippen LogP contribution in [0.2, 0.25) is 12.6 Å². The van der Waals surface area contributed by atoms with E-state index < -0.39 is 20.3 Å². The number of benzene rings is 3. The predicted molar refractivity (Wildman–Crippen MR) is 258 cm³/mol. The van der Waals surface area contributed by atoms with Crippen molar-refractivity contribution in [3.8, 4) is 6.07 Å². The summed E-state index contributed by atoms with van der Waals surface area (Å²) in [4.78, 5) is 21.7. The van der Waals surface area contributed by atoms with Gasteiger partial charge < -0.3 is 28.5 Å². The van der Waals surface area contributed by atoms with Crippen LogP contribution in [0.3, 0.4) is 0 Å². The normalized spacial score (nSPS) is 17.1. The SMILES string of the molecule is [C-]#[N+]C1=C(/C=C/C=C2C=C(/C=C/c3ccc(N(c4ccccc4)c4ccc(COC(=O)NCCC[Si](C)(OCCC)OCCC)cc4)cc3)CC(C)(C)C/2)C(C)(C)O/C1=C(\C#N)[N+]#[C-]. The summed E-state index contributed by atoms with van der Waals surface area (Å²) in [5.41, 5.74) is 7.18. The van der Waals surface area contributed by atoms with Crippen LogP contribution in [-0.2, 0) is 24.9 Å². The summed E-state index contributed by atoms with van der Waals surface area (Å²) >= 11 is 0. The summed E-state index contributed by atoms with van der Waals surface area (Å²) in [7, 11) is -2.26. The van der Waals surface area contributed by atoms with Crippen molar-refractivity contribution < 1.29 is 23.1 Å². The third kappa shape index (κ3) is 13.5. The number of anilines is 3. The lowest BCUT2D eigenvalue weighted by atomic mass is 9.75. The first-order chi connectivity index (χ1) is 30.7. The highest BCUT2D eigenvalue weighted by atomic mass is 28.4. The molecule has 11 heteroatoms. The fourth-order valence-corrected chi connectivity index (χ4v) is 10.2. The van der Waals surface area contributed by atoms with Gasteiger partial charge in [0, 0.05) is 42.4 Å². The molecule has 0 fully saturated rings. The van der Waals surface area contributed by atoms with Gasteiger partial charge in [-0.1, -0.05) is 107 Å². The zero-order chi connectivity index (χ0) is 46.2. The second-order valence-electron chi connectivity index (χ2n) is 17.4. The Balaban J connectivity index is 1.24. The molecular formula is C53H61N5O5Si. The maximum absolute atomic E-state index is 12.6. The second kappa shape index (κ2) is 22.8. The van der Waals surface area contributed by atoms with Crippen molar-refractivity contribution in [1.29, 1.82) is 5.26 Å². The number of carbonyl (C=O) groups is 1. The van der Waals surface area contributed by atoms with Crippen LogP contribution in [0.15, 0.2) is 143 Å². The van der Waals surface area contributed by atoms with Crippen molar-refractivity contribution in [1.82, 2.24) is 5.32 Å². The minimum Gasteiger partial charge on any atom is -0.505 e. The van der Waals surface area contributed by atoms with Crippen molar-refractivity contribution >= 4 is 37.8 Å². The lowest BCUT2D eigenvalue weighted by Crippen LogP contribution is -2.40. The Kier molecular flexibility index (Phi) is 17.3. The van der Waals surface area contributed by atoms with Crippen molar-refractivity contribution in [3.05, 3.63) is 177 Å². The molecular weight excluding hydrogens is 815 g/mol. The first-order valence-electron chi connectivity index (χ1n) is 22.1. The molecule has 2 aliphatic rings. The summed E-state index contributed by atoms with van der Waals surface area (Å²) in [5, 5.41) is 12.3. The second-order valence-corrected chi connectivity index (χ2v) is 20.8. The molecule has 3 aromatic rings. The predicted octanol–water partition coefficient (Wildman–Crippen LogP) is 13.6. The molecule has 5 rings (SSSR count). The Hall–Kier alpha value is -6.42. The minimum absolute atomic E-state index is 0.0452. The summed E-state index contributed by atoms with van der Waals surface area (Å²) in [6.45, 7) is 31.6. The van der Waals surface area contributed by atoms with Crippen LogP contribution in [0.1, 0.15) is 84.8 Å². The molecule has 0 radical (unpaired) electrons. The van der Waals surface area contributed by atoms with Crippen LogP contribution in [0, 0.1) is 29.9 Å². The van der Waals surface area contributed by atoms with Crippen LogP contribution in [0.5, 0.6) is 0 Å². The molecule has 0 saturated heterocycles. The Labute approximate surface area is 381 Å². The number of rotatable bonds is 19. The zero-order valence-corrected chi connectivity index (χ0v) is 39.4. The molecule has 0 saturated carbocycles. The molecule has 0 aromatic heterocycles. The van der Waals surface area contributed by atoms with Gasteiger partial charge in [-0.05, 0) is 123 Å². The first-order valence-corrected chi connectivity index (χ1v) is 24.6. The van der Waals surface area contributed by atoms with Crippen LogP contribution >= 0.6 is 0 Å². The standard InChI is InChI=1S/C53H61N5O5Si/c1-10-32-61-64(9,62-33-11-2)34-16-31-57-51(59)60-39-41-25-29-46(30-26-41)58(44-18-13-12-14-19-44)45-27-23-40(24-28-45)21-22-43-35-42(36-52(3,4)37-43)17-15-20-47-49(56-8)50(48(38-54)55-7)63-53(47,5)6/h12-15,17-30,35H,10-11,16,31-34,36-37,39H2,1-6,9H3,(H,57,59)/b20-15+,22-21+,42-17-,50-48+. The molecule has 0 bridgehead atoms. The Morgan fingerprint density at radius 3 is 2.16 bits per heavy atom. The Morgan fingerprint density at radius 1 is 0.906 bits per heavy atom. The Morgan fingerprint density at radius 2 is 1.55 bits per heavy atom. The van der Waals surface area contributed by atoms with E-state index in [1.165, 1.54) is 11.1 Å². The molecule has 332 valence electrons. The third-order valence-corrected chi connectivity index (χ3v) is 13.7. The molecule has 1 heterocycles. The maximum atomic E-state index is 12.6. The van der Waals surface area contributed by atoms with E-state index >= 15 is 0 Å². The highest BCUT2D eigenvalue weighted by molar-refractivity contribution is 6.66. The lowest BCUT2D eigenvalue weighted by molar-refractivity contribution is 0.0951. The van der Waals surface area contributed by atoms with Gasteiger partial charge in [0.1, 0.15) is 18.0 Å². The van der Waals surface area contributed by atoms with E-state index in [1.54, 1.807) is 0 Å². The topological polar surface area (TPSA) is 102 Å². The molecule has 0 atom stereocenters. The molecule has 3 aromatic carbocycles. The first kappa shape index (κ1) is 48.6. The summed E-state index contributed by atoms with van der Waals surface area (Å²) < 4.78 is 23.7. The monoisotopic (exact) mass is 875 g/mol.